The highest BCUT2D eigenvalue weighted by Crippen LogP contribution is 2.55. The molecule has 4 aliphatic rings. The Labute approximate surface area is 250 Å². The van der Waals surface area contributed by atoms with E-state index in [1.807, 2.05) is 60.9 Å². The lowest BCUT2D eigenvalue weighted by atomic mass is 9.73. The second-order valence-corrected chi connectivity index (χ2v) is 13.1. The number of fused-ring (bicyclic) bond motifs is 1. The fourth-order valence-electron chi connectivity index (χ4n) is 7.22. The molecule has 2 bridgehead atoms. The van der Waals surface area contributed by atoms with Crippen LogP contribution in [-0.4, -0.2) is 52.7 Å². The Morgan fingerprint density at radius 3 is 2.71 bits per heavy atom. The van der Waals surface area contributed by atoms with E-state index in [0.717, 1.165) is 29.7 Å². The maximum absolute atomic E-state index is 14.3. The van der Waals surface area contributed by atoms with Gasteiger partial charge in [0.15, 0.2) is 0 Å². The van der Waals surface area contributed by atoms with E-state index in [-0.39, 0.29) is 30.3 Å². The molecule has 9 heteroatoms. The summed E-state index contributed by atoms with van der Waals surface area (Å²) in [5.41, 5.74) is 0.181. The molecule has 0 radical (unpaired) electrons. The van der Waals surface area contributed by atoms with Crippen LogP contribution in [0.15, 0.2) is 65.6 Å². The maximum atomic E-state index is 14.3. The zero-order chi connectivity index (χ0) is 28.9. The van der Waals surface area contributed by atoms with Gasteiger partial charge in [-0.3, -0.25) is 14.4 Å². The van der Waals surface area contributed by atoms with E-state index in [9.17, 15) is 14.4 Å². The standard InChI is InChI=1S/C32H36ClN3O4S/c1-18-8-6-13-24(19(18)2)35-30(38)28-32-15-14-25(40-32)26(29(37)34-21-10-7-11-22(16-21)41-3)27(32)31(39)36(28)17-20-9-4-5-12-23(20)33/h4-5,7,9-12,14-16,18-19,24-28H,6,8,13,17H2,1-3H3,(H,34,37)(H,35,38)/t18-,19-,24+,25-,26+,27-,28-,32-/m0/s1. The second kappa shape index (κ2) is 11.1. The number of amides is 3. The first-order valence-corrected chi connectivity index (χ1v) is 16.0. The van der Waals surface area contributed by atoms with Crippen molar-refractivity contribution >= 4 is 46.8 Å². The van der Waals surface area contributed by atoms with Crippen molar-refractivity contribution in [1.82, 2.24) is 10.2 Å². The number of hydrogen-bond acceptors (Lipinski definition) is 5. The van der Waals surface area contributed by atoms with Crippen molar-refractivity contribution in [2.75, 3.05) is 11.6 Å². The number of nitrogens with zero attached hydrogens (tertiary/aromatic N) is 1. The van der Waals surface area contributed by atoms with Crippen LogP contribution in [-0.2, 0) is 25.7 Å². The molecule has 41 heavy (non-hydrogen) atoms. The van der Waals surface area contributed by atoms with Crippen molar-refractivity contribution in [2.45, 2.75) is 68.3 Å². The number of carbonyl (C=O) groups excluding carboxylic acids is 3. The monoisotopic (exact) mass is 593 g/mol. The zero-order valence-electron chi connectivity index (χ0n) is 23.5. The van der Waals surface area contributed by atoms with E-state index < -0.39 is 29.6 Å². The number of carbonyl (C=O) groups is 3. The predicted octanol–water partition coefficient (Wildman–Crippen LogP) is 5.29. The van der Waals surface area contributed by atoms with Gasteiger partial charge in [0.05, 0.1) is 17.9 Å². The number of rotatable bonds is 7. The van der Waals surface area contributed by atoms with Crippen LogP contribution in [0.2, 0.25) is 5.02 Å². The molecular weight excluding hydrogens is 558 g/mol. The van der Waals surface area contributed by atoms with Crippen LogP contribution in [0.5, 0.6) is 0 Å². The molecular formula is C32H36ClN3O4S. The molecule has 3 heterocycles. The minimum atomic E-state index is -1.22. The first-order valence-electron chi connectivity index (χ1n) is 14.4. The fraction of sp³-hybridized carbons (Fsp3) is 0.469. The minimum absolute atomic E-state index is 0.0179. The van der Waals surface area contributed by atoms with Gasteiger partial charge >= 0.3 is 0 Å². The lowest BCUT2D eigenvalue weighted by Crippen LogP contribution is -2.57. The number of benzene rings is 2. The van der Waals surface area contributed by atoms with Gasteiger partial charge in [-0.1, -0.05) is 74.7 Å². The second-order valence-electron chi connectivity index (χ2n) is 11.9. The van der Waals surface area contributed by atoms with Gasteiger partial charge in [-0.25, -0.2) is 0 Å². The summed E-state index contributed by atoms with van der Waals surface area (Å²) in [6, 6.07) is 14.0. The van der Waals surface area contributed by atoms with Crippen molar-refractivity contribution in [3.8, 4) is 0 Å². The van der Waals surface area contributed by atoms with E-state index in [4.69, 9.17) is 16.3 Å². The number of thioether (sulfide) groups is 1. The number of anilines is 1. The molecule has 2 aromatic carbocycles. The number of nitrogens with one attached hydrogen (secondary N) is 2. The molecule has 3 fully saturated rings. The maximum Gasteiger partial charge on any atom is 0.246 e. The zero-order valence-corrected chi connectivity index (χ0v) is 25.1. The van der Waals surface area contributed by atoms with E-state index in [1.165, 1.54) is 0 Å². The molecule has 8 atom stereocenters. The molecule has 1 spiro atoms. The normalized spacial score (nSPS) is 33.6. The summed E-state index contributed by atoms with van der Waals surface area (Å²) >= 11 is 8.10. The fourth-order valence-corrected chi connectivity index (χ4v) is 7.88. The molecule has 1 aliphatic carbocycles. The van der Waals surface area contributed by atoms with Gasteiger partial charge in [-0.2, -0.15) is 0 Å². The number of halogens is 1. The Bertz CT molecular complexity index is 1400. The number of ether oxygens (including phenoxy) is 1. The van der Waals surface area contributed by atoms with Gasteiger partial charge in [-0.15, -0.1) is 11.8 Å². The molecule has 2 saturated heterocycles. The Morgan fingerprint density at radius 1 is 1.12 bits per heavy atom. The molecule has 1 saturated carbocycles. The van der Waals surface area contributed by atoms with Gasteiger partial charge in [-0.05, 0) is 54.3 Å². The van der Waals surface area contributed by atoms with Crippen LogP contribution in [0, 0.1) is 23.7 Å². The third-order valence-corrected chi connectivity index (χ3v) is 10.7. The molecule has 0 aromatic heterocycles. The van der Waals surface area contributed by atoms with Crippen molar-refractivity contribution in [1.29, 1.82) is 0 Å². The quantitative estimate of drug-likeness (QED) is 0.336. The highest BCUT2D eigenvalue weighted by Gasteiger charge is 2.72. The summed E-state index contributed by atoms with van der Waals surface area (Å²) in [7, 11) is 0. The van der Waals surface area contributed by atoms with Crippen molar-refractivity contribution in [3.05, 3.63) is 71.3 Å². The number of hydrogen-bond donors (Lipinski definition) is 2. The summed E-state index contributed by atoms with van der Waals surface area (Å²) < 4.78 is 6.51. The molecule has 2 aromatic rings. The van der Waals surface area contributed by atoms with E-state index in [2.05, 4.69) is 24.5 Å². The molecule has 3 aliphatic heterocycles. The summed E-state index contributed by atoms with van der Waals surface area (Å²) in [5.74, 6) is -1.54. The van der Waals surface area contributed by atoms with E-state index in [1.54, 1.807) is 22.7 Å². The highest BCUT2D eigenvalue weighted by atomic mass is 35.5. The Hall–Kier alpha value is -2.81. The van der Waals surface area contributed by atoms with E-state index >= 15 is 0 Å². The molecule has 3 amide bonds. The summed E-state index contributed by atoms with van der Waals surface area (Å²) in [6.07, 6.45) is 8.18. The Morgan fingerprint density at radius 2 is 1.93 bits per heavy atom. The molecule has 0 unspecified atom stereocenters. The van der Waals surface area contributed by atoms with Crippen molar-refractivity contribution < 1.29 is 19.1 Å². The smallest absolute Gasteiger partial charge is 0.246 e. The first kappa shape index (κ1) is 28.3. The van der Waals surface area contributed by atoms with Crippen LogP contribution >= 0.6 is 23.4 Å². The van der Waals surface area contributed by atoms with E-state index in [0.29, 0.717) is 22.5 Å². The first-order chi connectivity index (χ1) is 19.7. The van der Waals surface area contributed by atoms with Crippen molar-refractivity contribution in [3.63, 3.8) is 0 Å². The van der Waals surface area contributed by atoms with Gasteiger partial charge < -0.3 is 20.3 Å². The van der Waals surface area contributed by atoms with Crippen LogP contribution < -0.4 is 10.6 Å². The number of likely N-dealkylation sites (tertiary alicyclic amines) is 1. The lowest BCUT2D eigenvalue weighted by Gasteiger charge is -2.38. The van der Waals surface area contributed by atoms with Crippen molar-refractivity contribution in [2.24, 2.45) is 23.7 Å². The minimum Gasteiger partial charge on any atom is -0.359 e. The predicted molar refractivity (Wildman–Crippen MR) is 160 cm³/mol. The lowest BCUT2D eigenvalue weighted by molar-refractivity contribution is -0.142. The van der Waals surface area contributed by atoms with Gasteiger partial charge in [0, 0.05) is 28.2 Å². The van der Waals surface area contributed by atoms with Gasteiger partial charge in [0.1, 0.15) is 11.6 Å². The molecule has 7 nitrogen and oxygen atoms in total. The topological polar surface area (TPSA) is 87.7 Å². The molecule has 6 rings (SSSR count). The van der Waals surface area contributed by atoms with Crippen LogP contribution in [0.4, 0.5) is 5.69 Å². The Kier molecular flexibility index (Phi) is 7.68. The third-order valence-electron chi connectivity index (χ3n) is 9.60. The SMILES string of the molecule is CSc1cccc(NC(=O)[C@@H]2[C@@H]3C=C[C@]4(O3)[C@@H]2C(=O)N(Cc2ccccc2Cl)[C@H]4C(=O)N[C@@H]2CCC[C@H](C)[C@@H]2C)c1. The van der Waals surface area contributed by atoms with Crippen LogP contribution in [0.3, 0.4) is 0 Å². The van der Waals surface area contributed by atoms with Gasteiger partial charge in [0.2, 0.25) is 17.7 Å². The largest absolute Gasteiger partial charge is 0.359 e. The third kappa shape index (κ3) is 4.88. The summed E-state index contributed by atoms with van der Waals surface area (Å²) in [6.45, 7) is 4.56. The highest BCUT2D eigenvalue weighted by molar-refractivity contribution is 7.98. The summed E-state index contributed by atoms with van der Waals surface area (Å²) in [4.78, 5) is 44.9. The average molecular weight is 594 g/mol. The summed E-state index contributed by atoms with van der Waals surface area (Å²) in [5, 5.41) is 6.83. The van der Waals surface area contributed by atoms with Gasteiger partial charge in [0.25, 0.3) is 0 Å². The average Bonchev–Trinajstić information content (AvgIpc) is 3.60. The molecule has 2 N–H and O–H groups in total. The Balaban J connectivity index is 1.33. The van der Waals surface area contributed by atoms with Crippen LogP contribution in [0.1, 0.15) is 38.7 Å². The molecule has 216 valence electrons. The van der Waals surface area contributed by atoms with Crippen LogP contribution in [0.25, 0.3) is 0 Å².